The fourth-order valence-electron chi connectivity index (χ4n) is 8.23. The van der Waals surface area contributed by atoms with E-state index in [1.807, 2.05) is 22.7 Å². The van der Waals surface area contributed by atoms with Crippen molar-refractivity contribution in [3.8, 4) is 33.4 Å². The first kappa shape index (κ1) is 32.0. The molecule has 0 N–H and O–H groups in total. The van der Waals surface area contributed by atoms with Crippen LogP contribution in [-0.2, 0) is 0 Å². The third-order valence-corrected chi connectivity index (χ3v) is 13.1. The summed E-state index contributed by atoms with van der Waals surface area (Å²) in [4.78, 5) is 2.43. The maximum absolute atomic E-state index is 2.43. The smallest absolute Gasteiger partial charge is 0.0540 e. The fourth-order valence-corrected chi connectivity index (χ4v) is 10.5. The van der Waals surface area contributed by atoms with Crippen LogP contribution < -0.4 is 4.90 Å². The van der Waals surface area contributed by atoms with Crippen LogP contribution in [0.2, 0.25) is 0 Å². The van der Waals surface area contributed by atoms with Crippen molar-refractivity contribution in [3.05, 3.63) is 200 Å². The molecule has 9 aromatic carbocycles. The molecule has 1 nitrogen and oxygen atoms in total. The summed E-state index contributed by atoms with van der Waals surface area (Å²) >= 11 is 3.73. The van der Waals surface area contributed by atoms with Gasteiger partial charge in [-0.3, -0.25) is 0 Å². The third-order valence-electron chi connectivity index (χ3n) is 10.9. The van der Waals surface area contributed by atoms with E-state index >= 15 is 0 Å². The van der Waals surface area contributed by atoms with Crippen LogP contribution in [0.3, 0.4) is 0 Å². The first-order valence-electron chi connectivity index (χ1n) is 18.7. The van der Waals surface area contributed by atoms with Gasteiger partial charge in [-0.2, -0.15) is 0 Å². The summed E-state index contributed by atoms with van der Waals surface area (Å²) in [6.07, 6.45) is 0. The van der Waals surface area contributed by atoms with E-state index in [0.29, 0.717) is 0 Å². The number of fused-ring (bicyclic) bond motifs is 7. The zero-order chi connectivity index (χ0) is 36.3. The maximum Gasteiger partial charge on any atom is 0.0540 e. The Bertz CT molecular complexity index is 3220. The fraction of sp³-hybridized carbons (Fsp3) is 0. The average molecular weight is 736 g/mol. The summed E-state index contributed by atoms with van der Waals surface area (Å²) in [5, 5.41) is 7.79. The molecule has 3 heteroatoms. The lowest BCUT2D eigenvalue weighted by molar-refractivity contribution is 1.28. The van der Waals surface area contributed by atoms with E-state index in [-0.39, 0.29) is 0 Å². The van der Waals surface area contributed by atoms with Crippen molar-refractivity contribution >= 4 is 90.9 Å². The summed E-state index contributed by atoms with van der Waals surface area (Å²) in [5.74, 6) is 0. The van der Waals surface area contributed by atoms with Gasteiger partial charge in [-0.25, -0.2) is 0 Å². The lowest BCUT2D eigenvalue weighted by Gasteiger charge is -2.28. The highest BCUT2D eigenvalue weighted by molar-refractivity contribution is 7.26. The molecule has 2 heterocycles. The molecule has 0 radical (unpaired) electrons. The number of thiophene rings is 2. The van der Waals surface area contributed by atoms with Crippen LogP contribution in [0.1, 0.15) is 0 Å². The Morgan fingerprint density at radius 3 is 1.58 bits per heavy atom. The van der Waals surface area contributed by atoms with Crippen LogP contribution in [0.5, 0.6) is 0 Å². The number of rotatable bonds is 6. The molecule has 0 bridgehead atoms. The second kappa shape index (κ2) is 13.1. The van der Waals surface area contributed by atoms with Gasteiger partial charge in [-0.1, -0.05) is 146 Å². The number of para-hydroxylation sites is 1. The zero-order valence-corrected chi connectivity index (χ0v) is 31.4. The molecule has 0 fully saturated rings. The Morgan fingerprint density at radius 1 is 0.291 bits per heavy atom. The highest BCUT2D eigenvalue weighted by Crippen LogP contribution is 2.45. The van der Waals surface area contributed by atoms with Crippen LogP contribution in [0.4, 0.5) is 17.1 Å². The number of hydrogen-bond acceptors (Lipinski definition) is 3. The molecule has 0 spiro atoms. The second-order valence-electron chi connectivity index (χ2n) is 14.1. The van der Waals surface area contributed by atoms with Gasteiger partial charge >= 0.3 is 0 Å². The first-order valence-corrected chi connectivity index (χ1v) is 20.3. The van der Waals surface area contributed by atoms with Gasteiger partial charge in [0.05, 0.1) is 5.69 Å². The molecule has 0 saturated heterocycles. The molecule has 0 unspecified atom stereocenters. The second-order valence-corrected chi connectivity index (χ2v) is 16.3. The van der Waals surface area contributed by atoms with Crippen LogP contribution in [0.25, 0.3) is 84.5 Å². The van der Waals surface area contributed by atoms with Crippen molar-refractivity contribution in [3.63, 3.8) is 0 Å². The van der Waals surface area contributed by atoms with Crippen molar-refractivity contribution in [1.82, 2.24) is 0 Å². The molecule has 0 aliphatic carbocycles. The summed E-state index contributed by atoms with van der Waals surface area (Å²) in [6, 6.07) is 73.5. The lowest BCUT2D eigenvalue weighted by Crippen LogP contribution is -2.11. The average Bonchev–Trinajstić information content (AvgIpc) is 3.82. The van der Waals surface area contributed by atoms with Gasteiger partial charge < -0.3 is 4.90 Å². The number of hydrogen-bond donors (Lipinski definition) is 0. The van der Waals surface area contributed by atoms with Gasteiger partial charge in [0.2, 0.25) is 0 Å². The van der Waals surface area contributed by atoms with Gasteiger partial charge in [0, 0.05) is 57.3 Å². The minimum atomic E-state index is 1.11. The SMILES string of the molecule is c1cc(-c2ccc3c(c2)sc2ccccc23)cc(N(c2ccc(-c3cccc4ccccc34)cc2)c2ccccc2-c2ccc3c(c2)sc2ccccc23)c1. The minimum Gasteiger partial charge on any atom is -0.310 e. The van der Waals surface area contributed by atoms with Crippen LogP contribution in [-0.4, -0.2) is 0 Å². The monoisotopic (exact) mass is 735 g/mol. The molecule has 0 saturated carbocycles. The van der Waals surface area contributed by atoms with E-state index in [9.17, 15) is 0 Å². The maximum atomic E-state index is 2.43. The van der Waals surface area contributed by atoms with E-state index in [1.165, 1.54) is 84.5 Å². The molecule has 0 amide bonds. The van der Waals surface area contributed by atoms with Gasteiger partial charge in [0.15, 0.2) is 0 Å². The Kier molecular flexibility index (Phi) is 7.61. The Morgan fingerprint density at radius 2 is 0.818 bits per heavy atom. The molecule has 0 atom stereocenters. The third kappa shape index (κ3) is 5.51. The Hall–Kier alpha value is -6.52. The molecular formula is C52H33NS2. The Labute approximate surface area is 327 Å². The molecule has 0 aliphatic heterocycles. The van der Waals surface area contributed by atoms with Crippen LogP contribution in [0.15, 0.2) is 200 Å². The number of nitrogens with zero attached hydrogens (tertiary/aromatic N) is 1. The summed E-state index contributed by atoms with van der Waals surface area (Å²) in [5.41, 5.74) is 10.6. The Balaban J connectivity index is 1.07. The lowest BCUT2D eigenvalue weighted by atomic mass is 9.97. The quantitative estimate of drug-likeness (QED) is 0.164. The summed E-state index contributed by atoms with van der Waals surface area (Å²) in [6.45, 7) is 0. The molecule has 2 aromatic heterocycles. The van der Waals surface area contributed by atoms with Gasteiger partial charge in [-0.05, 0) is 93.2 Å². The molecular weight excluding hydrogens is 703 g/mol. The van der Waals surface area contributed by atoms with E-state index in [1.54, 1.807) is 0 Å². The van der Waals surface area contributed by atoms with Crippen LogP contribution in [0, 0.1) is 0 Å². The van der Waals surface area contributed by atoms with Crippen molar-refractivity contribution in [2.75, 3.05) is 4.90 Å². The summed E-state index contributed by atoms with van der Waals surface area (Å²) < 4.78 is 5.26. The molecule has 55 heavy (non-hydrogen) atoms. The normalized spacial score (nSPS) is 11.6. The molecule has 258 valence electrons. The first-order chi connectivity index (χ1) is 27.2. The van der Waals surface area contributed by atoms with Crippen LogP contribution >= 0.6 is 22.7 Å². The summed E-state index contributed by atoms with van der Waals surface area (Å²) in [7, 11) is 0. The molecule has 11 rings (SSSR count). The van der Waals surface area contributed by atoms with Gasteiger partial charge in [0.1, 0.15) is 0 Å². The van der Waals surface area contributed by atoms with E-state index in [2.05, 4.69) is 205 Å². The number of anilines is 3. The van der Waals surface area contributed by atoms with Gasteiger partial charge in [0.25, 0.3) is 0 Å². The predicted octanol–water partition coefficient (Wildman–Crippen LogP) is 16.0. The van der Waals surface area contributed by atoms with E-state index in [0.717, 1.165) is 17.1 Å². The minimum absolute atomic E-state index is 1.11. The van der Waals surface area contributed by atoms with Crippen molar-refractivity contribution in [2.45, 2.75) is 0 Å². The van der Waals surface area contributed by atoms with E-state index in [4.69, 9.17) is 0 Å². The molecule has 0 aliphatic rings. The van der Waals surface area contributed by atoms with E-state index < -0.39 is 0 Å². The largest absolute Gasteiger partial charge is 0.310 e. The highest BCUT2D eigenvalue weighted by atomic mass is 32.1. The standard InChI is InChI=1S/C52H33NS2/c1-2-15-41-34(11-1)12-10-19-42(41)35-23-27-39(28-24-35)53(40-14-9-13-36(31-40)37-25-29-46-44-17-4-7-21-49(44)54-51(46)32-37)48-20-6-3-16-43(48)38-26-30-47-45-18-5-8-22-50(45)55-52(47)33-38/h1-33H. The van der Waals surface area contributed by atoms with Crippen molar-refractivity contribution in [1.29, 1.82) is 0 Å². The number of benzene rings is 9. The highest BCUT2D eigenvalue weighted by Gasteiger charge is 2.19. The topological polar surface area (TPSA) is 3.24 Å². The van der Waals surface area contributed by atoms with Crippen molar-refractivity contribution in [2.24, 2.45) is 0 Å². The zero-order valence-electron chi connectivity index (χ0n) is 29.8. The predicted molar refractivity (Wildman–Crippen MR) is 241 cm³/mol. The molecule has 11 aromatic rings. The van der Waals surface area contributed by atoms with Gasteiger partial charge in [-0.15, -0.1) is 22.7 Å². The van der Waals surface area contributed by atoms with Crippen molar-refractivity contribution < 1.29 is 0 Å².